The normalized spacial score (nSPS) is 18.3. The van der Waals surface area contributed by atoms with Crippen molar-refractivity contribution in [3.8, 4) is 0 Å². The van der Waals surface area contributed by atoms with Crippen molar-refractivity contribution in [1.29, 1.82) is 0 Å². The number of carbonyl (C=O) groups is 2. The lowest BCUT2D eigenvalue weighted by atomic mass is 9.98. The van der Waals surface area contributed by atoms with Crippen LogP contribution in [-0.4, -0.2) is 56.5 Å². The van der Waals surface area contributed by atoms with Gasteiger partial charge in [-0.05, 0) is 56.5 Å². The minimum Gasteiger partial charge on any atom is -0.374 e. The van der Waals surface area contributed by atoms with Crippen LogP contribution in [0.25, 0.3) is 0 Å². The first-order chi connectivity index (χ1) is 12.6. The molecule has 3 rings (SSSR count). The standard InChI is InChI=1S/C20H30N4O2/c1-3-21-19(25)20(26)22-14-18(24-10-5-4-6-11-24)15-7-8-17-16(13-15)9-12-23(17)2/h7-8,13,18H,3-6,9-12,14H2,1-2H3,(H,21,25)(H,22,26)/t18-/m0/s1. The Kier molecular flexibility index (Phi) is 6.14. The van der Waals surface area contributed by atoms with Crippen LogP contribution in [0.1, 0.15) is 43.4 Å². The largest absolute Gasteiger partial charge is 0.374 e. The van der Waals surface area contributed by atoms with Gasteiger partial charge in [0.1, 0.15) is 0 Å². The Bertz CT molecular complexity index is 655. The number of hydrogen-bond acceptors (Lipinski definition) is 4. The van der Waals surface area contributed by atoms with Crippen LogP contribution in [0, 0.1) is 0 Å². The van der Waals surface area contributed by atoms with E-state index < -0.39 is 11.8 Å². The molecule has 0 saturated carbocycles. The van der Waals surface area contributed by atoms with E-state index in [0.717, 1.165) is 26.1 Å². The van der Waals surface area contributed by atoms with E-state index in [1.165, 1.54) is 36.1 Å². The van der Waals surface area contributed by atoms with Crippen molar-refractivity contribution in [2.75, 3.05) is 44.7 Å². The van der Waals surface area contributed by atoms with Gasteiger partial charge in [0.05, 0.1) is 6.04 Å². The maximum Gasteiger partial charge on any atom is 0.309 e. The van der Waals surface area contributed by atoms with E-state index in [4.69, 9.17) is 0 Å². The van der Waals surface area contributed by atoms with E-state index in [-0.39, 0.29) is 6.04 Å². The summed E-state index contributed by atoms with van der Waals surface area (Å²) in [4.78, 5) is 28.5. The van der Waals surface area contributed by atoms with Crippen molar-refractivity contribution in [2.45, 2.75) is 38.6 Å². The molecule has 1 aromatic rings. The molecular formula is C20H30N4O2. The van der Waals surface area contributed by atoms with Gasteiger partial charge in [0.25, 0.3) is 0 Å². The van der Waals surface area contributed by atoms with Gasteiger partial charge >= 0.3 is 11.8 Å². The molecule has 2 heterocycles. The number of likely N-dealkylation sites (N-methyl/N-ethyl adjacent to an activating group) is 2. The molecule has 0 unspecified atom stereocenters. The van der Waals surface area contributed by atoms with Gasteiger partial charge < -0.3 is 15.5 Å². The van der Waals surface area contributed by atoms with Crippen molar-refractivity contribution >= 4 is 17.5 Å². The zero-order valence-electron chi connectivity index (χ0n) is 15.9. The van der Waals surface area contributed by atoms with E-state index in [1.54, 1.807) is 0 Å². The number of fused-ring (bicyclic) bond motifs is 1. The Morgan fingerprint density at radius 3 is 2.54 bits per heavy atom. The first kappa shape index (κ1) is 18.7. The Hall–Kier alpha value is -2.08. The average molecular weight is 358 g/mol. The second kappa shape index (κ2) is 8.54. The minimum atomic E-state index is -0.555. The molecule has 1 saturated heterocycles. The second-order valence-corrected chi connectivity index (χ2v) is 7.24. The molecule has 6 heteroatoms. The number of piperidine rings is 1. The molecule has 1 aromatic carbocycles. The van der Waals surface area contributed by atoms with Crippen molar-refractivity contribution in [3.05, 3.63) is 29.3 Å². The van der Waals surface area contributed by atoms with Gasteiger partial charge in [-0.25, -0.2) is 0 Å². The third-order valence-corrected chi connectivity index (χ3v) is 5.45. The zero-order chi connectivity index (χ0) is 18.5. The van der Waals surface area contributed by atoms with Crippen LogP contribution >= 0.6 is 0 Å². The fraction of sp³-hybridized carbons (Fsp3) is 0.600. The highest BCUT2D eigenvalue weighted by atomic mass is 16.2. The fourth-order valence-corrected chi connectivity index (χ4v) is 3.99. The highest BCUT2D eigenvalue weighted by Crippen LogP contribution is 2.32. The second-order valence-electron chi connectivity index (χ2n) is 7.24. The molecule has 2 amide bonds. The summed E-state index contributed by atoms with van der Waals surface area (Å²) in [5.74, 6) is -1.10. The van der Waals surface area contributed by atoms with Gasteiger partial charge in [-0.3, -0.25) is 14.5 Å². The van der Waals surface area contributed by atoms with Crippen LogP contribution in [-0.2, 0) is 16.0 Å². The number of amides is 2. The van der Waals surface area contributed by atoms with Gasteiger partial charge in [0.15, 0.2) is 0 Å². The van der Waals surface area contributed by atoms with Gasteiger partial charge in [-0.1, -0.05) is 18.6 Å². The lowest BCUT2D eigenvalue weighted by Gasteiger charge is -2.35. The number of hydrogen-bond donors (Lipinski definition) is 2. The van der Waals surface area contributed by atoms with Crippen LogP contribution in [0.5, 0.6) is 0 Å². The quantitative estimate of drug-likeness (QED) is 0.782. The molecule has 2 aliphatic rings. The van der Waals surface area contributed by atoms with Gasteiger partial charge in [-0.15, -0.1) is 0 Å². The molecule has 6 nitrogen and oxygen atoms in total. The lowest BCUT2D eigenvalue weighted by molar-refractivity contribution is -0.139. The van der Waals surface area contributed by atoms with Crippen LogP contribution in [0.15, 0.2) is 18.2 Å². The smallest absolute Gasteiger partial charge is 0.309 e. The fourth-order valence-electron chi connectivity index (χ4n) is 3.99. The van der Waals surface area contributed by atoms with Crippen LogP contribution in [0.4, 0.5) is 5.69 Å². The van der Waals surface area contributed by atoms with Crippen molar-refractivity contribution in [2.24, 2.45) is 0 Å². The minimum absolute atomic E-state index is 0.116. The van der Waals surface area contributed by atoms with Crippen molar-refractivity contribution in [1.82, 2.24) is 15.5 Å². The number of rotatable bonds is 5. The monoisotopic (exact) mass is 358 g/mol. The maximum atomic E-state index is 12.0. The van der Waals surface area contributed by atoms with E-state index in [0.29, 0.717) is 13.1 Å². The third-order valence-electron chi connectivity index (χ3n) is 5.45. The topological polar surface area (TPSA) is 64.7 Å². The highest BCUT2D eigenvalue weighted by Gasteiger charge is 2.26. The number of likely N-dealkylation sites (tertiary alicyclic amines) is 1. The first-order valence-corrected chi connectivity index (χ1v) is 9.74. The summed E-state index contributed by atoms with van der Waals surface area (Å²) in [7, 11) is 2.13. The highest BCUT2D eigenvalue weighted by molar-refractivity contribution is 6.35. The summed E-state index contributed by atoms with van der Waals surface area (Å²) >= 11 is 0. The summed E-state index contributed by atoms with van der Waals surface area (Å²) in [5, 5.41) is 5.39. The molecule has 142 valence electrons. The Morgan fingerprint density at radius 2 is 1.81 bits per heavy atom. The van der Waals surface area contributed by atoms with Crippen LogP contribution < -0.4 is 15.5 Å². The summed E-state index contributed by atoms with van der Waals surface area (Å²) < 4.78 is 0. The maximum absolute atomic E-state index is 12.0. The third kappa shape index (κ3) is 4.18. The molecule has 26 heavy (non-hydrogen) atoms. The summed E-state index contributed by atoms with van der Waals surface area (Å²) in [5.41, 5.74) is 3.91. The molecule has 1 fully saturated rings. The molecule has 0 aromatic heterocycles. The SMILES string of the molecule is CCNC(=O)C(=O)NC[C@@H](c1ccc2c(c1)CCN2C)N1CCCCC1. The van der Waals surface area contributed by atoms with Crippen LogP contribution in [0.3, 0.4) is 0 Å². The predicted octanol–water partition coefficient (Wildman–Crippen LogP) is 1.46. The summed E-state index contributed by atoms with van der Waals surface area (Å²) in [6.45, 7) is 5.87. The number of anilines is 1. The molecule has 1 atom stereocenters. The summed E-state index contributed by atoms with van der Waals surface area (Å²) in [6, 6.07) is 6.78. The van der Waals surface area contributed by atoms with Gasteiger partial charge in [0, 0.05) is 32.4 Å². The van der Waals surface area contributed by atoms with Gasteiger partial charge in [0.2, 0.25) is 0 Å². The first-order valence-electron chi connectivity index (χ1n) is 9.74. The molecular weight excluding hydrogens is 328 g/mol. The van der Waals surface area contributed by atoms with Crippen LogP contribution in [0.2, 0.25) is 0 Å². The number of nitrogens with zero attached hydrogens (tertiary/aromatic N) is 2. The van der Waals surface area contributed by atoms with E-state index >= 15 is 0 Å². The molecule has 0 aliphatic carbocycles. The molecule has 0 spiro atoms. The molecule has 0 radical (unpaired) electrons. The number of benzene rings is 1. The summed E-state index contributed by atoms with van der Waals surface area (Å²) in [6.07, 6.45) is 4.71. The molecule has 0 bridgehead atoms. The molecule has 2 aliphatic heterocycles. The van der Waals surface area contributed by atoms with Gasteiger partial charge in [-0.2, -0.15) is 0 Å². The van der Waals surface area contributed by atoms with E-state index in [9.17, 15) is 9.59 Å². The van der Waals surface area contributed by atoms with Crippen molar-refractivity contribution < 1.29 is 9.59 Å². The van der Waals surface area contributed by atoms with Crippen molar-refractivity contribution in [3.63, 3.8) is 0 Å². The van der Waals surface area contributed by atoms with E-state index in [1.807, 2.05) is 6.92 Å². The number of nitrogens with one attached hydrogen (secondary N) is 2. The Morgan fingerprint density at radius 1 is 1.08 bits per heavy atom. The Labute approximate surface area is 155 Å². The predicted molar refractivity (Wildman–Crippen MR) is 103 cm³/mol. The lowest BCUT2D eigenvalue weighted by Crippen LogP contribution is -2.45. The number of carbonyl (C=O) groups excluding carboxylic acids is 2. The van der Waals surface area contributed by atoms with E-state index in [2.05, 4.69) is 45.7 Å². The zero-order valence-corrected chi connectivity index (χ0v) is 15.9. The Balaban J connectivity index is 1.75. The molecule has 2 N–H and O–H groups in total. The average Bonchev–Trinajstić information content (AvgIpc) is 3.03.